The van der Waals surface area contributed by atoms with E-state index in [1.54, 1.807) is 18.3 Å². The van der Waals surface area contributed by atoms with Crippen LogP contribution in [0.25, 0.3) is 11.0 Å². The number of hydrogen-bond donors (Lipinski definition) is 2. The summed E-state index contributed by atoms with van der Waals surface area (Å²) in [5.74, 6) is 0.770. The number of fused-ring (bicyclic) bond motifs is 1. The minimum absolute atomic E-state index is 0.0509. The fourth-order valence-corrected chi connectivity index (χ4v) is 3.39. The summed E-state index contributed by atoms with van der Waals surface area (Å²) in [6.45, 7) is 8.56. The van der Waals surface area contributed by atoms with Crippen molar-refractivity contribution >= 4 is 28.4 Å². The Kier molecular flexibility index (Phi) is 5.89. The van der Waals surface area contributed by atoms with Gasteiger partial charge in [-0.05, 0) is 35.4 Å². The molecule has 2 N–H and O–H groups in total. The highest BCUT2D eigenvalue weighted by molar-refractivity contribution is 5.94. The zero-order chi connectivity index (χ0) is 22.0. The van der Waals surface area contributed by atoms with Gasteiger partial charge in [0.15, 0.2) is 0 Å². The van der Waals surface area contributed by atoms with Gasteiger partial charge < -0.3 is 20.1 Å². The van der Waals surface area contributed by atoms with Crippen molar-refractivity contribution in [3.8, 4) is 0 Å². The molecule has 1 saturated heterocycles. The first kappa shape index (κ1) is 21.2. The molecule has 7 nitrogen and oxygen atoms in total. The van der Waals surface area contributed by atoms with Gasteiger partial charge in [0.1, 0.15) is 11.9 Å². The van der Waals surface area contributed by atoms with Crippen LogP contribution in [0.5, 0.6) is 0 Å². The predicted molar refractivity (Wildman–Crippen MR) is 121 cm³/mol. The van der Waals surface area contributed by atoms with Crippen LogP contribution < -0.4 is 10.2 Å². The highest BCUT2D eigenvalue weighted by atomic mass is 16.5. The summed E-state index contributed by atoms with van der Waals surface area (Å²) in [7, 11) is 0. The third-order valence-electron chi connectivity index (χ3n) is 5.37. The van der Waals surface area contributed by atoms with Gasteiger partial charge in [0, 0.05) is 24.2 Å². The minimum atomic E-state index is -0.800. The quantitative estimate of drug-likeness (QED) is 0.671. The van der Waals surface area contributed by atoms with Gasteiger partial charge in [0.2, 0.25) is 5.91 Å². The molecule has 1 aromatic heterocycles. The molecular formula is C24H28N4O3. The zero-order valence-corrected chi connectivity index (χ0v) is 18.1. The molecule has 0 spiro atoms. The van der Waals surface area contributed by atoms with Crippen molar-refractivity contribution in [3.63, 3.8) is 0 Å². The molecule has 1 atom stereocenters. The topological polar surface area (TPSA) is 87.6 Å². The Bertz CT molecular complexity index is 1070. The molecule has 0 bridgehead atoms. The molecule has 0 radical (unpaired) electrons. The number of hydrogen-bond acceptors (Lipinski definition) is 6. The largest absolute Gasteiger partial charge is 0.384 e. The maximum absolute atomic E-state index is 12.2. The molecule has 1 aliphatic heterocycles. The van der Waals surface area contributed by atoms with E-state index in [-0.39, 0.29) is 5.91 Å². The number of ether oxygens (including phenoxy) is 1. The van der Waals surface area contributed by atoms with Crippen LogP contribution >= 0.6 is 0 Å². The fraction of sp³-hybridized carbons (Fsp3) is 0.375. The number of aliphatic hydroxyl groups is 1. The number of morpholine rings is 1. The first-order valence-corrected chi connectivity index (χ1v) is 10.5. The van der Waals surface area contributed by atoms with E-state index in [1.165, 1.54) is 0 Å². The standard InChI is InChI=1S/C24H28N4O3/c1-24(2,3)23(30)26-18-7-4-16(5-8-18)22(29)17-6-9-19-20(14-17)27-21(15-25-19)28-10-12-31-13-11-28/h4-9,14-15,22,29H,10-13H2,1-3H3,(H,26,30). The number of amides is 1. The molecular weight excluding hydrogens is 392 g/mol. The number of benzene rings is 2. The number of carbonyl (C=O) groups excluding carboxylic acids is 1. The first-order valence-electron chi connectivity index (χ1n) is 10.5. The lowest BCUT2D eigenvalue weighted by Crippen LogP contribution is -2.36. The summed E-state index contributed by atoms with van der Waals surface area (Å²) in [6, 6.07) is 12.9. The van der Waals surface area contributed by atoms with Gasteiger partial charge in [-0.15, -0.1) is 0 Å². The van der Waals surface area contributed by atoms with E-state index in [0.717, 1.165) is 41.1 Å². The van der Waals surface area contributed by atoms with Crippen molar-refractivity contribution in [1.82, 2.24) is 9.97 Å². The third-order valence-corrected chi connectivity index (χ3v) is 5.37. The zero-order valence-electron chi connectivity index (χ0n) is 18.1. The maximum atomic E-state index is 12.2. The molecule has 31 heavy (non-hydrogen) atoms. The molecule has 2 aromatic carbocycles. The van der Waals surface area contributed by atoms with Crippen LogP contribution in [0.3, 0.4) is 0 Å². The monoisotopic (exact) mass is 420 g/mol. The SMILES string of the molecule is CC(C)(C)C(=O)Nc1ccc(C(O)c2ccc3ncc(N4CCOCC4)nc3c2)cc1. The lowest BCUT2D eigenvalue weighted by Gasteiger charge is -2.27. The Hall–Kier alpha value is -3.03. The molecule has 162 valence electrons. The van der Waals surface area contributed by atoms with Crippen LogP contribution in [0.1, 0.15) is 38.0 Å². The molecule has 4 rings (SSSR count). The van der Waals surface area contributed by atoms with Gasteiger partial charge >= 0.3 is 0 Å². The summed E-state index contributed by atoms with van der Waals surface area (Å²) in [5.41, 5.74) is 3.25. The Morgan fingerprint density at radius 3 is 2.42 bits per heavy atom. The summed E-state index contributed by atoms with van der Waals surface area (Å²) >= 11 is 0. The third kappa shape index (κ3) is 4.84. The number of carbonyl (C=O) groups is 1. The van der Waals surface area contributed by atoms with E-state index in [2.05, 4.69) is 15.2 Å². The Labute approximate surface area is 182 Å². The van der Waals surface area contributed by atoms with E-state index < -0.39 is 11.5 Å². The van der Waals surface area contributed by atoms with E-state index >= 15 is 0 Å². The van der Waals surface area contributed by atoms with Gasteiger partial charge in [-0.3, -0.25) is 9.78 Å². The van der Waals surface area contributed by atoms with E-state index in [0.29, 0.717) is 18.9 Å². The van der Waals surface area contributed by atoms with Crippen LogP contribution in [-0.4, -0.2) is 47.3 Å². The predicted octanol–water partition coefficient (Wildman–Crippen LogP) is 3.53. The number of aromatic nitrogens is 2. The van der Waals surface area contributed by atoms with Crippen molar-refractivity contribution in [3.05, 3.63) is 59.8 Å². The highest BCUT2D eigenvalue weighted by Crippen LogP contribution is 2.27. The van der Waals surface area contributed by atoms with Crippen molar-refractivity contribution in [1.29, 1.82) is 0 Å². The number of anilines is 2. The summed E-state index contributed by atoms with van der Waals surface area (Å²) in [6.07, 6.45) is 0.986. The van der Waals surface area contributed by atoms with E-state index in [9.17, 15) is 9.90 Å². The van der Waals surface area contributed by atoms with Gasteiger partial charge in [0.25, 0.3) is 0 Å². The van der Waals surface area contributed by atoms with E-state index in [1.807, 2.05) is 51.1 Å². The first-order chi connectivity index (χ1) is 14.8. The molecule has 0 saturated carbocycles. The second-order valence-electron chi connectivity index (χ2n) is 8.80. The lowest BCUT2D eigenvalue weighted by atomic mass is 9.95. The van der Waals surface area contributed by atoms with Crippen molar-refractivity contribution < 1.29 is 14.6 Å². The summed E-state index contributed by atoms with van der Waals surface area (Å²) in [5, 5.41) is 13.8. The normalized spacial score (nSPS) is 15.7. The van der Waals surface area contributed by atoms with Crippen LogP contribution in [0, 0.1) is 5.41 Å². The molecule has 3 aromatic rings. The number of rotatable bonds is 4. The molecule has 2 heterocycles. The highest BCUT2D eigenvalue weighted by Gasteiger charge is 2.21. The van der Waals surface area contributed by atoms with Gasteiger partial charge in [-0.1, -0.05) is 39.0 Å². The van der Waals surface area contributed by atoms with Crippen LogP contribution in [0.4, 0.5) is 11.5 Å². The molecule has 1 aliphatic rings. The maximum Gasteiger partial charge on any atom is 0.229 e. The fourth-order valence-electron chi connectivity index (χ4n) is 3.39. The molecule has 1 fully saturated rings. The van der Waals surface area contributed by atoms with E-state index in [4.69, 9.17) is 9.72 Å². The Morgan fingerprint density at radius 1 is 1.06 bits per heavy atom. The van der Waals surface area contributed by atoms with Crippen LogP contribution in [0.2, 0.25) is 0 Å². The number of aliphatic hydroxyl groups excluding tert-OH is 1. The van der Waals surface area contributed by atoms with Gasteiger partial charge in [0.05, 0.1) is 30.4 Å². The van der Waals surface area contributed by atoms with Crippen LogP contribution in [-0.2, 0) is 9.53 Å². The molecule has 7 heteroatoms. The second-order valence-corrected chi connectivity index (χ2v) is 8.80. The summed E-state index contributed by atoms with van der Waals surface area (Å²) < 4.78 is 5.41. The second kappa shape index (κ2) is 8.61. The number of nitrogens with zero attached hydrogens (tertiary/aromatic N) is 3. The average Bonchev–Trinajstić information content (AvgIpc) is 2.78. The van der Waals surface area contributed by atoms with Crippen molar-refractivity contribution in [2.24, 2.45) is 5.41 Å². The number of nitrogens with one attached hydrogen (secondary N) is 1. The Balaban J connectivity index is 1.54. The van der Waals surface area contributed by atoms with Crippen LogP contribution in [0.15, 0.2) is 48.7 Å². The molecule has 0 aliphatic carbocycles. The van der Waals surface area contributed by atoms with Crippen molar-refractivity contribution in [2.75, 3.05) is 36.5 Å². The molecule has 1 amide bonds. The lowest BCUT2D eigenvalue weighted by molar-refractivity contribution is -0.123. The van der Waals surface area contributed by atoms with Gasteiger partial charge in [-0.25, -0.2) is 4.98 Å². The molecule has 1 unspecified atom stereocenters. The van der Waals surface area contributed by atoms with Gasteiger partial charge in [-0.2, -0.15) is 0 Å². The smallest absolute Gasteiger partial charge is 0.229 e. The van der Waals surface area contributed by atoms with Crippen molar-refractivity contribution in [2.45, 2.75) is 26.9 Å². The summed E-state index contributed by atoms with van der Waals surface area (Å²) in [4.78, 5) is 23.6. The Morgan fingerprint density at radius 2 is 1.74 bits per heavy atom. The average molecular weight is 421 g/mol. The minimum Gasteiger partial charge on any atom is -0.384 e.